The van der Waals surface area contributed by atoms with Gasteiger partial charge in [-0.3, -0.25) is 4.90 Å². The first-order valence-corrected chi connectivity index (χ1v) is 6.10. The van der Waals surface area contributed by atoms with E-state index in [1.54, 1.807) is 24.3 Å². The monoisotopic (exact) mass is 259 g/mol. The van der Waals surface area contributed by atoms with Gasteiger partial charge in [-0.05, 0) is 37.6 Å². The van der Waals surface area contributed by atoms with Gasteiger partial charge in [0.25, 0.3) is 0 Å². The Labute approximate surface area is 107 Å². The minimum absolute atomic E-state index is 0.291. The number of hydrogen-bond donors (Lipinski definition) is 0. The van der Waals surface area contributed by atoms with Gasteiger partial charge in [0.05, 0.1) is 0 Å². The first kappa shape index (κ1) is 15.0. The predicted octanol–water partition coefficient (Wildman–Crippen LogP) is 4.37. The van der Waals surface area contributed by atoms with Crippen molar-refractivity contribution in [2.45, 2.75) is 38.4 Å². The quantitative estimate of drug-likeness (QED) is 0.776. The average Bonchev–Trinajstić information content (AvgIpc) is 2.26. The van der Waals surface area contributed by atoms with Gasteiger partial charge in [-0.2, -0.15) is 13.2 Å². The van der Waals surface area contributed by atoms with Gasteiger partial charge in [0, 0.05) is 0 Å². The standard InChI is InChI=1S/C14H20F3N/c1-5-10(2)11-6-8-12(9-7-11)13(18(3)4)14(15,16)17/h6-10,13H,5H2,1-4H3. The summed E-state index contributed by atoms with van der Waals surface area (Å²) in [4.78, 5) is 1.19. The van der Waals surface area contributed by atoms with Crippen LogP contribution >= 0.6 is 0 Å². The van der Waals surface area contributed by atoms with Crippen LogP contribution in [-0.2, 0) is 0 Å². The third-order valence-electron chi connectivity index (χ3n) is 3.26. The summed E-state index contributed by atoms with van der Waals surface area (Å²) in [5.74, 6) is 0.378. The zero-order valence-corrected chi connectivity index (χ0v) is 11.3. The van der Waals surface area contributed by atoms with Gasteiger partial charge in [0.1, 0.15) is 6.04 Å². The molecule has 0 heterocycles. The normalized spacial score (nSPS) is 15.8. The maximum absolute atomic E-state index is 12.9. The SMILES string of the molecule is CCC(C)c1ccc(C(N(C)C)C(F)(F)F)cc1. The highest BCUT2D eigenvalue weighted by Gasteiger charge is 2.42. The summed E-state index contributed by atoms with van der Waals surface area (Å²) >= 11 is 0. The van der Waals surface area contributed by atoms with Crippen LogP contribution in [0.2, 0.25) is 0 Å². The molecule has 1 rings (SSSR count). The molecule has 0 spiro atoms. The van der Waals surface area contributed by atoms with Crippen LogP contribution < -0.4 is 0 Å². The van der Waals surface area contributed by atoms with E-state index in [2.05, 4.69) is 13.8 Å². The van der Waals surface area contributed by atoms with E-state index in [1.807, 2.05) is 0 Å². The zero-order chi connectivity index (χ0) is 13.9. The molecule has 0 saturated heterocycles. The Hall–Kier alpha value is -1.03. The number of rotatable bonds is 4. The molecule has 0 aliphatic carbocycles. The lowest BCUT2D eigenvalue weighted by Gasteiger charge is -2.27. The van der Waals surface area contributed by atoms with Crippen molar-refractivity contribution in [1.82, 2.24) is 4.90 Å². The third kappa shape index (κ3) is 3.48. The fourth-order valence-corrected chi connectivity index (χ4v) is 2.02. The van der Waals surface area contributed by atoms with Crippen molar-refractivity contribution in [2.24, 2.45) is 0 Å². The van der Waals surface area contributed by atoms with Crippen molar-refractivity contribution in [1.29, 1.82) is 0 Å². The highest BCUT2D eigenvalue weighted by molar-refractivity contribution is 5.28. The van der Waals surface area contributed by atoms with Crippen LogP contribution in [0, 0.1) is 0 Å². The van der Waals surface area contributed by atoms with E-state index in [0.29, 0.717) is 11.5 Å². The lowest BCUT2D eigenvalue weighted by Crippen LogP contribution is -2.33. The Balaban J connectivity index is 3.02. The fraction of sp³-hybridized carbons (Fsp3) is 0.571. The minimum Gasteiger partial charge on any atom is -0.295 e. The molecule has 0 aliphatic heterocycles. The second kappa shape index (κ2) is 5.74. The van der Waals surface area contributed by atoms with E-state index in [-0.39, 0.29) is 0 Å². The van der Waals surface area contributed by atoms with E-state index in [4.69, 9.17) is 0 Å². The minimum atomic E-state index is -4.25. The summed E-state index contributed by atoms with van der Waals surface area (Å²) in [5, 5.41) is 0. The molecule has 0 amide bonds. The highest BCUT2D eigenvalue weighted by atomic mass is 19.4. The Morgan fingerprint density at radius 1 is 1.06 bits per heavy atom. The summed E-state index contributed by atoms with van der Waals surface area (Å²) in [6.07, 6.45) is -3.27. The van der Waals surface area contributed by atoms with Crippen molar-refractivity contribution in [2.75, 3.05) is 14.1 Å². The fourth-order valence-electron chi connectivity index (χ4n) is 2.02. The summed E-state index contributed by atoms with van der Waals surface area (Å²) < 4.78 is 38.8. The molecule has 4 heteroatoms. The maximum atomic E-state index is 12.9. The van der Waals surface area contributed by atoms with Gasteiger partial charge in [0.2, 0.25) is 0 Å². The van der Waals surface area contributed by atoms with Crippen LogP contribution in [0.3, 0.4) is 0 Å². The van der Waals surface area contributed by atoms with E-state index in [1.165, 1.54) is 19.0 Å². The highest BCUT2D eigenvalue weighted by Crippen LogP contribution is 2.36. The molecule has 0 bridgehead atoms. The second-order valence-corrected chi connectivity index (χ2v) is 4.88. The molecule has 0 saturated carbocycles. The van der Waals surface area contributed by atoms with Gasteiger partial charge < -0.3 is 0 Å². The number of nitrogens with zero attached hydrogens (tertiary/aromatic N) is 1. The molecule has 1 aromatic rings. The van der Waals surface area contributed by atoms with Crippen molar-refractivity contribution < 1.29 is 13.2 Å². The molecule has 0 aliphatic rings. The first-order valence-electron chi connectivity index (χ1n) is 6.10. The zero-order valence-electron chi connectivity index (χ0n) is 11.3. The summed E-state index contributed by atoms with van der Waals surface area (Å²) in [5.41, 5.74) is 1.38. The van der Waals surface area contributed by atoms with Crippen molar-refractivity contribution in [3.63, 3.8) is 0 Å². The molecule has 0 N–H and O–H groups in total. The molecule has 1 nitrogen and oxygen atoms in total. The van der Waals surface area contributed by atoms with Crippen molar-refractivity contribution in [3.8, 4) is 0 Å². The lowest BCUT2D eigenvalue weighted by atomic mass is 9.95. The largest absolute Gasteiger partial charge is 0.408 e. The summed E-state index contributed by atoms with van der Waals surface area (Å²) in [7, 11) is 2.89. The van der Waals surface area contributed by atoms with E-state index < -0.39 is 12.2 Å². The number of benzene rings is 1. The van der Waals surface area contributed by atoms with Crippen molar-refractivity contribution >= 4 is 0 Å². The first-order chi connectivity index (χ1) is 8.27. The molecule has 0 radical (unpaired) electrons. The van der Waals surface area contributed by atoms with E-state index >= 15 is 0 Å². The van der Waals surface area contributed by atoms with Gasteiger partial charge in [-0.25, -0.2) is 0 Å². The molecule has 2 unspecified atom stereocenters. The third-order valence-corrected chi connectivity index (χ3v) is 3.26. The Bertz CT molecular complexity index is 368. The maximum Gasteiger partial charge on any atom is 0.408 e. The predicted molar refractivity (Wildman–Crippen MR) is 67.6 cm³/mol. The van der Waals surface area contributed by atoms with Crippen molar-refractivity contribution in [3.05, 3.63) is 35.4 Å². The smallest absolute Gasteiger partial charge is 0.295 e. The molecule has 0 fully saturated rings. The number of hydrogen-bond acceptors (Lipinski definition) is 1. The summed E-state index contributed by atoms with van der Waals surface area (Å²) in [6.45, 7) is 4.14. The topological polar surface area (TPSA) is 3.24 Å². The number of halogens is 3. The molecule has 0 aromatic heterocycles. The van der Waals surface area contributed by atoms with Crippen LogP contribution in [-0.4, -0.2) is 25.2 Å². The lowest BCUT2D eigenvalue weighted by molar-refractivity contribution is -0.179. The molecular weight excluding hydrogens is 239 g/mol. The molecule has 2 atom stereocenters. The number of alkyl halides is 3. The Morgan fingerprint density at radius 3 is 1.83 bits per heavy atom. The van der Waals surface area contributed by atoms with Gasteiger partial charge in [-0.15, -0.1) is 0 Å². The molecule has 1 aromatic carbocycles. The molecule has 18 heavy (non-hydrogen) atoms. The van der Waals surface area contributed by atoms with Crippen LogP contribution in [0.4, 0.5) is 13.2 Å². The summed E-state index contributed by atoms with van der Waals surface area (Å²) in [6, 6.07) is 5.22. The Kier molecular flexibility index (Phi) is 4.79. The van der Waals surface area contributed by atoms with Gasteiger partial charge >= 0.3 is 6.18 Å². The van der Waals surface area contributed by atoms with Crippen LogP contribution in [0.15, 0.2) is 24.3 Å². The van der Waals surface area contributed by atoms with Crippen LogP contribution in [0.1, 0.15) is 43.4 Å². The Morgan fingerprint density at radius 2 is 1.50 bits per heavy atom. The van der Waals surface area contributed by atoms with Crippen LogP contribution in [0.25, 0.3) is 0 Å². The average molecular weight is 259 g/mol. The van der Waals surface area contributed by atoms with Gasteiger partial charge in [0.15, 0.2) is 0 Å². The van der Waals surface area contributed by atoms with Gasteiger partial charge in [-0.1, -0.05) is 38.1 Å². The molecule has 102 valence electrons. The molecular formula is C14H20F3N. The van der Waals surface area contributed by atoms with Crippen LogP contribution in [0.5, 0.6) is 0 Å². The second-order valence-electron chi connectivity index (χ2n) is 4.88. The van der Waals surface area contributed by atoms with E-state index in [0.717, 1.165) is 12.0 Å². The van der Waals surface area contributed by atoms with E-state index in [9.17, 15) is 13.2 Å².